The molecule has 4 rings (SSSR count). The summed E-state index contributed by atoms with van der Waals surface area (Å²) >= 11 is 1.46. The van der Waals surface area contributed by atoms with Gasteiger partial charge in [-0.05, 0) is 24.3 Å². The molecular formula is C18H12O3S. The lowest BCUT2D eigenvalue weighted by molar-refractivity contribution is 0.414. The smallest absolute Gasteiger partial charge is 0.354 e. The summed E-state index contributed by atoms with van der Waals surface area (Å²) in [6, 6.07) is 17.4. The number of methoxy groups -OCH3 is 1. The highest BCUT2D eigenvalue weighted by Crippen LogP contribution is 2.36. The molecule has 0 fully saturated rings. The Labute approximate surface area is 130 Å². The number of benzene rings is 2. The largest absolute Gasteiger partial charge is 0.496 e. The highest BCUT2D eigenvalue weighted by molar-refractivity contribution is 7.25. The Hall–Kier alpha value is -2.59. The summed E-state index contributed by atoms with van der Waals surface area (Å²) in [6.07, 6.45) is 0. The van der Waals surface area contributed by atoms with Gasteiger partial charge in [0.25, 0.3) is 0 Å². The van der Waals surface area contributed by atoms with E-state index in [1.807, 2.05) is 54.6 Å². The number of fused-ring (bicyclic) bond motifs is 3. The molecule has 0 radical (unpaired) electrons. The Morgan fingerprint density at radius 2 is 1.77 bits per heavy atom. The maximum atomic E-state index is 12.3. The van der Waals surface area contributed by atoms with Crippen LogP contribution in [0.2, 0.25) is 0 Å². The van der Waals surface area contributed by atoms with Gasteiger partial charge in [0.1, 0.15) is 16.2 Å². The molecule has 0 aliphatic rings. The average Bonchev–Trinajstić information content (AvgIpc) is 2.94. The van der Waals surface area contributed by atoms with Crippen LogP contribution in [0.3, 0.4) is 0 Å². The van der Waals surface area contributed by atoms with Gasteiger partial charge in [0, 0.05) is 15.5 Å². The predicted octanol–water partition coefficient (Wildman–Crippen LogP) is 4.68. The summed E-state index contributed by atoms with van der Waals surface area (Å²) in [5, 5.41) is 2.00. The number of thiophene rings is 1. The Morgan fingerprint density at radius 3 is 2.64 bits per heavy atom. The summed E-state index contributed by atoms with van der Waals surface area (Å²) in [6.45, 7) is 0. The van der Waals surface area contributed by atoms with Crippen LogP contribution in [0.5, 0.6) is 5.75 Å². The molecule has 108 valence electrons. The molecule has 22 heavy (non-hydrogen) atoms. The van der Waals surface area contributed by atoms with Gasteiger partial charge in [0.2, 0.25) is 0 Å². The van der Waals surface area contributed by atoms with E-state index in [0.29, 0.717) is 16.2 Å². The third kappa shape index (κ3) is 1.92. The summed E-state index contributed by atoms with van der Waals surface area (Å²) < 4.78 is 12.6. The first-order valence-corrected chi connectivity index (χ1v) is 7.68. The van der Waals surface area contributed by atoms with E-state index in [4.69, 9.17) is 9.15 Å². The van der Waals surface area contributed by atoms with Crippen LogP contribution in [0, 0.1) is 0 Å². The summed E-state index contributed by atoms with van der Waals surface area (Å²) in [7, 11) is 1.61. The number of rotatable bonds is 2. The number of para-hydroxylation sites is 1. The standard InChI is InChI=1S/C18H12O3S/c1-20-14-8-4-2-7-12(14)15-10-13-11-6-3-5-9-16(11)22-17(13)18(19)21-15/h2-10H,1H3. The molecule has 0 amide bonds. The maximum Gasteiger partial charge on any atom is 0.354 e. The minimum Gasteiger partial charge on any atom is -0.496 e. The second kappa shape index (κ2) is 5.00. The maximum absolute atomic E-state index is 12.3. The van der Waals surface area contributed by atoms with Gasteiger partial charge in [-0.25, -0.2) is 4.79 Å². The average molecular weight is 308 g/mol. The molecule has 0 unspecified atom stereocenters. The van der Waals surface area contributed by atoms with Crippen molar-refractivity contribution in [1.29, 1.82) is 0 Å². The Bertz CT molecular complexity index is 1040. The molecule has 0 aliphatic heterocycles. The summed E-state index contributed by atoms with van der Waals surface area (Å²) in [4.78, 5) is 12.3. The molecule has 0 saturated carbocycles. The van der Waals surface area contributed by atoms with Crippen LogP contribution in [0.1, 0.15) is 0 Å². The van der Waals surface area contributed by atoms with Crippen LogP contribution >= 0.6 is 11.3 Å². The lowest BCUT2D eigenvalue weighted by Gasteiger charge is -2.06. The zero-order valence-electron chi connectivity index (χ0n) is 11.8. The van der Waals surface area contributed by atoms with E-state index in [2.05, 4.69) is 0 Å². The van der Waals surface area contributed by atoms with Gasteiger partial charge in [-0.1, -0.05) is 30.3 Å². The number of hydrogen-bond acceptors (Lipinski definition) is 4. The van der Waals surface area contributed by atoms with Crippen LogP contribution in [0.4, 0.5) is 0 Å². The Morgan fingerprint density at radius 1 is 1.00 bits per heavy atom. The molecule has 0 N–H and O–H groups in total. The van der Waals surface area contributed by atoms with E-state index >= 15 is 0 Å². The van der Waals surface area contributed by atoms with Gasteiger partial charge in [-0.15, -0.1) is 11.3 Å². The highest BCUT2D eigenvalue weighted by Gasteiger charge is 2.14. The van der Waals surface area contributed by atoms with E-state index < -0.39 is 0 Å². The fourth-order valence-electron chi connectivity index (χ4n) is 2.65. The van der Waals surface area contributed by atoms with Crippen molar-refractivity contribution in [3.63, 3.8) is 0 Å². The monoisotopic (exact) mass is 308 g/mol. The molecular weight excluding hydrogens is 296 g/mol. The molecule has 2 heterocycles. The zero-order valence-corrected chi connectivity index (χ0v) is 12.6. The third-order valence-corrected chi connectivity index (χ3v) is 4.84. The van der Waals surface area contributed by atoms with Crippen LogP contribution in [-0.2, 0) is 0 Å². The SMILES string of the molecule is COc1ccccc1-c1cc2c(sc3ccccc32)c(=O)o1. The molecule has 2 aromatic carbocycles. The van der Waals surface area contributed by atoms with Crippen molar-refractivity contribution in [3.8, 4) is 17.1 Å². The molecule has 4 heteroatoms. The van der Waals surface area contributed by atoms with E-state index in [1.165, 1.54) is 11.3 Å². The van der Waals surface area contributed by atoms with E-state index in [-0.39, 0.29) is 5.63 Å². The second-order valence-electron chi connectivity index (χ2n) is 4.94. The summed E-state index contributed by atoms with van der Waals surface area (Å²) in [5.41, 5.74) is 0.471. The van der Waals surface area contributed by atoms with Crippen molar-refractivity contribution in [3.05, 3.63) is 65.0 Å². The van der Waals surface area contributed by atoms with E-state index in [1.54, 1.807) is 7.11 Å². The number of hydrogen-bond donors (Lipinski definition) is 0. The minimum atomic E-state index is -0.306. The molecule has 2 aromatic heterocycles. The first kappa shape index (κ1) is 13.1. The van der Waals surface area contributed by atoms with E-state index in [0.717, 1.165) is 21.0 Å². The fraction of sp³-hybridized carbons (Fsp3) is 0.0556. The van der Waals surface area contributed by atoms with Crippen LogP contribution in [0.15, 0.2) is 63.8 Å². The highest BCUT2D eigenvalue weighted by atomic mass is 32.1. The lowest BCUT2D eigenvalue weighted by Crippen LogP contribution is -1.98. The van der Waals surface area contributed by atoms with E-state index in [9.17, 15) is 4.79 Å². The predicted molar refractivity (Wildman–Crippen MR) is 89.9 cm³/mol. The molecule has 0 saturated heterocycles. The topological polar surface area (TPSA) is 39.4 Å². The van der Waals surface area contributed by atoms with Gasteiger partial charge < -0.3 is 9.15 Å². The fourth-order valence-corrected chi connectivity index (χ4v) is 3.71. The minimum absolute atomic E-state index is 0.306. The summed E-state index contributed by atoms with van der Waals surface area (Å²) in [5.74, 6) is 1.21. The van der Waals surface area contributed by atoms with Crippen molar-refractivity contribution < 1.29 is 9.15 Å². The quantitative estimate of drug-likeness (QED) is 0.539. The molecule has 0 aliphatic carbocycles. The van der Waals surface area contributed by atoms with Crippen molar-refractivity contribution in [2.45, 2.75) is 0 Å². The first-order chi connectivity index (χ1) is 10.8. The second-order valence-corrected chi connectivity index (χ2v) is 5.99. The van der Waals surface area contributed by atoms with Gasteiger partial charge in [-0.2, -0.15) is 0 Å². The molecule has 3 nitrogen and oxygen atoms in total. The lowest BCUT2D eigenvalue weighted by atomic mass is 10.1. The first-order valence-electron chi connectivity index (χ1n) is 6.87. The Balaban J connectivity index is 2.08. The zero-order chi connectivity index (χ0) is 15.1. The third-order valence-electron chi connectivity index (χ3n) is 3.67. The number of ether oxygens (including phenoxy) is 1. The van der Waals surface area contributed by atoms with Gasteiger partial charge in [0.05, 0.1) is 12.7 Å². The molecule has 0 atom stereocenters. The van der Waals surface area contributed by atoms with Gasteiger partial charge >= 0.3 is 5.63 Å². The van der Waals surface area contributed by atoms with Crippen LogP contribution < -0.4 is 10.4 Å². The Kier molecular flexibility index (Phi) is 2.98. The van der Waals surface area contributed by atoms with Crippen LogP contribution in [0.25, 0.3) is 31.5 Å². The van der Waals surface area contributed by atoms with Crippen molar-refractivity contribution in [1.82, 2.24) is 0 Å². The van der Waals surface area contributed by atoms with Crippen molar-refractivity contribution in [2.24, 2.45) is 0 Å². The van der Waals surface area contributed by atoms with Gasteiger partial charge in [0.15, 0.2) is 0 Å². The molecule has 0 bridgehead atoms. The van der Waals surface area contributed by atoms with Crippen LogP contribution in [-0.4, -0.2) is 7.11 Å². The molecule has 4 aromatic rings. The van der Waals surface area contributed by atoms with Crippen molar-refractivity contribution in [2.75, 3.05) is 7.11 Å². The molecule has 0 spiro atoms. The van der Waals surface area contributed by atoms with Crippen molar-refractivity contribution >= 4 is 31.5 Å². The normalized spacial score (nSPS) is 11.1. The van der Waals surface area contributed by atoms with Gasteiger partial charge in [-0.3, -0.25) is 0 Å².